The van der Waals surface area contributed by atoms with E-state index in [-0.39, 0.29) is 5.82 Å². The van der Waals surface area contributed by atoms with Crippen LogP contribution in [0.1, 0.15) is 0 Å². The van der Waals surface area contributed by atoms with E-state index in [4.69, 9.17) is 10.2 Å². The highest BCUT2D eigenvalue weighted by Crippen LogP contribution is 2.26. The number of benzene rings is 1. The zero-order valence-electron chi connectivity index (χ0n) is 6.83. The molecule has 0 aliphatic heterocycles. The molecule has 0 aliphatic carbocycles. The lowest BCUT2D eigenvalue weighted by Crippen LogP contribution is -1.85. The molecular weight excluding hydrogens is 169 g/mol. The fraction of sp³-hybridized carbons (Fsp3) is 0. The van der Waals surface area contributed by atoms with Gasteiger partial charge in [0.25, 0.3) is 0 Å². The fourth-order valence-electron chi connectivity index (χ4n) is 1.18. The Morgan fingerprint density at radius 1 is 1.23 bits per heavy atom. The highest BCUT2D eigenvalue weighted by Gasteiger charge is 2.05. The van der Waals surface area contributed by atoms with Gasteiger partial charge in [0.15, 0.2) is 5.76 Å². The highest BCUT2D eigenvalue weighted by molar-refractivity contribution is 5.70. The summed E-state index contributed by atoms with van der Waals surface area (Å²) >= 11 is 0. The van der Waals surface area contributed by atoms with Crippen LogP contribution in [0.25, 0.3) is 11.3 Å². The first-order valence-electron chi connectivity index (χ1n) is 3.86. The van der Waals surface area contributed by atoms with Gasteiger partial charge < -0.3 is 10.2 Å². The van der Waals surface area contributed by atoms with E-state index in [9.17, 15) is 4.39 Å². The van der Waals surface area contributed by atoms with Crippen molar-refractivity contribution in [3.63, 3.8) is 0 Å². The monoisotopic (exact) mass is 177 g/mol. The van der Waals surface area contributed by atoms with Crippen molar-refractivity contribution in [3.05, 3.63) is 42.4 Å². The predicted octanol–water partition coefficient (Wildman–Crippen LogP) is 2.67. The summed E-state index contributed by atoms with van der Waals surface area (Å²) in [6, 6.07) is 7.77. The minimum Gasteiger partial charge on any atom is -0.462 e. The van der Waals surface area contributed by atoms with E-state index in [0.29, 0.717) is 17.0 Å². The van der Waals surface area contributed by atoms with Crippen molar-refractivity contribution in [2.45, 2.75) is 0 Å². The van der Waals surface area contributed by atoms with Crippen LogP contribution in [0.4, 0.5) is 10.1 Å². The van der Waals surface area contributed by atoms with Crippen molar-refractivity contribution >= 4 is 5.69 Å². The van der Waals surface area contributed by atoms with Crippen LogP contribution in [0.2, 0.25) is 0 Å². The Hall–Kier alpha value is -1.77. The second kappa shape index (κ2) is 2.94. The summed E-state index contributed by atoms with van der Waals surface area (Å²) in [7, 11) is 0. The summed E-state index contributed by atoms with van der Waals surface area (Å²) in [4.78, 5) is 0. The van der Waals surface area contributed by atoms with Crippen molar-refractivity contribution in [3.8, 4) is 11.3 Å². The van der Waals surface area contributed by atoms with Crippen LogP contribution in [0.3, 0.4) is 0 Å². The molecule has 0 fully saturated rings. The van der Waals surface area contributed by atoms with Crippen molar-refractivity contribution in [1.82, 2.24) is 0 Å². The van der Waals surface area contributed by atoms with Gasteiger partial charge in [-0.2, -0.15) is 0 Å². The van der Waals surface area contributed by atoms with Crippen molar-refractivity contribution in [2.75, 3.05) is 5.73 Å². The number of furan rings is 1. The third kappa shape index (κ3) is 1.40. The fourth-order valence-corrected chi connectivity index (χ4v) is 1.18. The Labute approximate surface area is 74.8 Å². The van der Waals surface area contributed by atoms with Crippen LogP contribution >= 0.6 is 0 Å². The maximum Gasteiger partial charge on any atom is 0.156 e. The van der Waals surface area contributed by atoms with Crippen LogP contribution in [0.15, 0.2) is 41.0 Å². The molecule has 1 aromatic heterocycles. The maximum absolute atomic E-state index is 12.8. The summed E-state index contributed by atoms with van der Waals surface area (Å²) in [5.74, 6) is 0.216. The van der Waals surface area contributed by atoms with Crippen LogP contribution < -0.4 is 5.73 Å². The van der Waals surface area contributed by atoms with Gasteiger partial charge in [-0.05, 0) is 12.1 Å². The van der Waals surface area contributed by atoms with Gasteiger partial charge in [-0.25, -0.2) is 4.39 Å². The smallest absolute Gasteiger partial charge is 0.156 e. The lowest BCUT2D eigenvalue weighted by Gasteiger charge is -1.97. The third-order valence-electron chi connectivity index (χ3n) is 1.78. The predicted molar refractivity (Wildman–Crippen MR) is 48.5 cm³/mol. The molecule has 66 valence electrons. The number of hydrogen-bond donors (Lipinski definition) is 1. The summed E-state index contributed by atoms with van der Waals surface area (Å²) in [6.07, 6.45) is 1.48. The standard InChI is InChI=1S/C10H8FNO/c11-8-3-1-2-7(6-8)10-9(12)4-5-13-10/h1-6H,12H2. The van der Waals surface area contributed by atoms with Crippen LogP contribution in [-0.4, -0.2) is 0 Å². The average Bonchev–Trinajstić information content (AvgIpc) is 2.51. The molecule has 2 rings (SSSR count). The normalized spacial score (nSPS) is 10.2. The van der Waals surface area contributed by atoms with Gasteiger partial charge in [0.05, 0.1) is 12.0 Å². The molecule has 0 bridgehead atoms. The van der Waals surface area contributed by atoms with E-state index in [1.54, 1.807) is 18.2 Å². The molecule has 1 heterocycles. The van der Waals surface area contributed by atoms with Crippen molar-refractivity contribution in [1.29, 1.82) is 0 Å². The molecule has 0 unspecified atom stereocenters. The average molecular weight is 177 g/mol. The number of anilines is 1. The quantitative estimate of drug-likeness (QED) is 0.727. The lowest BCUT2D eigenvalue weighted by molar-refractivity contribution is 0.581. The van der Waals surface area contributed by atoms with Gasteiger partial charge in [-0.1, -0.05) is 12.1 Å². The Morgan fingerprint density at radius 2 is 2.08 bits per heavy atom. The molecule has 2 nitrogen and oxygen atoms in total. The van der Waals surface area contributed by atoms with E-state index < -0.39 is 0 Å². The van der Waals surface area contributed by atoms with E-state index in [1.807, 2.05) is 0 Å². The molecular formula is C10H8FNO. The van der Waals surface area contributed by atoms with E-state index in [0.717, 1.165) is 0 Å². The van der Waals surface area contributed by atoms with Gasteiger partial charge in [0.1, 0.15) is 5.82 Å². The largest absolute Gasteiger partial charge is 0.462 e. The topological polar surface area (TPSA) is 39.2 Å². The SMILES string of the molecule is Nc1ccoc1-c1cccc(F)c1. The minimum absolute atomic E-state index is 0.298. The molecule has 0 saturated heterocycles. The molecule has 0 atom stereocenters. The van der Waals surface area contributed by atoms with Crippen LogP contribution in [0.5, 0.6) is 0 Å². The van der Waals surface area contributed by atoms with Crippen LogP contribution in [-0.2, 0) is 0 Å². The second-order valence-electron chi connectivity index (χ2n) is 2.72. The summed E-state index contributed by atoms with van der Waals surface area (Å²) in [5.41, 5.74) is 6.78. The molecule has 1 aromatic carbocycles. The van der Waals surface area contributed by atoms with Crippen molar-refractivity contribution < 1.29 is 8.81 Å². The van der Waals surface area contributed by atoms with E-state index in [1.165, 1.54) is 18.4 Å². The number of nitrogen functional groups attached to an aromatic ring is 1. The van der Waals surface area contributed by atoms with Gasteiger partial charge in [-0.3, -0.25) is 0 Å². The number of hydrogen-bond acceptors (Lipinski definition) is 2. The molecule has 0 amide bonds. The van der Waals surface area contributed by atoms with Gasteiger partial charge >= 0.3 is 0 Å². The Morgan fingerprint density at radius 3 is 2.69 bits per heavy atom. The second-order valence-corrected chi connectivity index (χ2v) is 2.72. The zero-order valence-corrected chi connectivity index (χ0v) is 6.83. The summed E-state index contributed by atoms with van der Waals surface area (Å²) in [6.45, 7) is 0. The zero-order chi connectivity index (χ0) is 9.26. The first-order valence-corrected chi connectivity index (χ1v) is 3.86. The molecule has 0 spiro atoms. The third-order valence-corrected chi connectivity index (χ3v) is 1.78. The molecule has 2 aromatic rings. The van der Waals surface area contributed by atoms with Crippen LogP contribution in [0, 0.1) is 5.82 Å². The van der Waals surface area contributed by atoms with Gasteiger partial charge in [-0.15, -0.1) is 0 Å². The molecule has 0 saturated carbocycles. The molecule has 13 heavy (non-hydrogen) atoms. The first kappa shape index (κ1) is 7.86. The molecule has 2 N–H and O–H groups in total. The minimum atomic E-state index is -0.298. The van der Waals surface area contributed by atoms with E-state index >= 15 is 0 Å². The molecule has 0 radical (unpaired) electrons. The molecule has 3 heteroatoms. The summed E-state index contributed by atoms with van der Waals surface area (Å²) in [5, 5.41) is 0. The number of rotatable bonds is 1. The van der Waals surface area contributed by atoms with Gasteiger partial charge in [0, 0.05) is 11.6 Å². The number of halogens is 1. The number of nitrogens with two attached hydrogens (primary N) is 1. The van der Waals surface area contributed by atoms with E-state index in [2.05, 4.69) is 0 Å². The van der Waals surface area contributed by atoms with Gasteiger partial charge in [0.2, 0.25) is 0 Å². The molecule has 0 aliphatic rings. The summed E-state index contributed by atoms with van der Waals surface area (Å²) < 4.78 is 17.9. The Kier molecular flexibility index (Phi) is 1.77. The first-order chi connectivity index (χ1) is 6.27. The van der Waals surface area contributed by atoms with Crippen molar-refractivity contribution in [2.24, 2.45) is 0 Å². The Balaban J connectivity index is 2.53. The maximum atomic E-state index is 12.8. The lowest BCUT2D eigenvalue weighted by atomic mass is 10.1. The Bertz CT molecular complexity index is 422. The highest BCUT2D eigenvalue weighted by atomic mass is 19.1.